The van der Waals surface area contributed by atoms with Crippen LogP contribution in [-0.4, -0.2) is 59.6 Å². The SMILES string of the molecule is COC(=O)[C@@H]1C[C@H](C(=O)O[C@@H]2C[C@H](C)CC[C@H]2C(C)C)[C@H](c2ccccc2)N1C(=O)[C@@H]1C[C@H](C(=O)OC(C)(C)C)N[C@@H]1c1ccccc1. The summed E-state index contributed by atoms with van der Waals surface area (Å²) in [5.41, 5.74) is 0.877. The summed E-state index contributed by atoms with van der Waals surface area (Å²) in [6, 6.07) is 15.9. The molecule has 2 aliphatic heterocycles. The first-order valence-electron chi connectivity index (χ1n) is 17.5. The molecule has 9 heteroatoms. The molecule has 1 saturated carbocycles. The highest BCUT2D eigenvalue weighted by Crippen LogP contribution is 2.47. The van der Waals surface area contributed by atoms with E-state index in [0.717, 1.165) is 30.4 Å². The maximum Gasteiger partial charge on any atom is 0.328 e. The maximum absolute atomic E-state index is 15.0. The van der Waals surface area contributed by atoms with Crippen LogP contribution < -0.4 is 5.32 Å². The lowest BCUT2D eigenvalue weighted by Gasteiger charge is -2.38. The smallest absolute Gasteiger partial charge is 0.328 e. The first-order chi connectivity index (χ1) is 22.8. The Bertz CT molecular complexity index is 1440. The standard InChI is InChI=1S/C39H52N2O7/c1-23(2)27-19-18-24(3)20-32(27)47-36(43)29-22-31(38(45)46-7)41(34(29)26-16-12-9-13-17-26)35(42)28-21-30(37(44)48-39(4,5)6)40-33(28)25-14-10-8-11-15-25/h8-17,23-24,27-34,40H,18-22H2,1-7H3/t24-,27+,28-,29+,30-,31+,32-,33-,34+/m1/s1. The van der Waals surface area contributed by atoms with Crippen LogP contribution in [-0.2, 0) is 33.4 Å². The van der Waals surface area contributed by atoms with Gasteiger partial charge in [-0.2, -0.15) is 0 Å². The van der Waals surface area contributed by atoms with Gasteiger partial charge in [-0.1, -0.05) is 87.9 Å². The summed E-state index contributed by atoms with van der Waals surface area (Å²) >= 11 is 0. The van der Waals surface area contributed by atoms with Crippen molar-refractivity contribution in [2.24, 2.45) is 29.6 Å². The van der Waals surface area contributed by atoms with Crippen molar-refractivity contribution >= 4 is 23.8 Å². The molecule has 2 aromatic rings. The van der Waals surface area contributed by atoms with E-state index >= 15 is 4.79 Å². The molecule has 2 saturated heterocycles. The predicted molar refractivity (Wildman–Crippen MR) is 181 cm³/mol. The van der Waals surface area contributed by atoms with Crippen molar-refractivity contribution < 1.29 is 33.4 Å². The number of benzene rings is 2. The Labute approximate surface area is 285 Å². The van der Waals surface area contributed by atoms with E-state index in [9.17, 15) is 14.4 Å². The summed E-state index contributed by atoms with van der Waals surface area (Å²) in [5, 5.41) is 3.37. The fraction of sp³-hybridized carbons (Fsp3) is 0.590. The van der Waals surface area contributed by atoms with E-state index in [4.69, 9.17) is 14.2 Å². The topological polar surface area (TPSA) is 111 Å². The normalized spacial score (nSPS) is 30.6. The molecular weight excluding hydrogens is 608 g/mol. The molecule has 1 amide bonds. The van der Waals surface area contributed by atoms with E-state index in [-0.39, 0.29) is 30.8 Å². The van der Waals surface area contributed by atoms with Gasteiger partial charge in [-0.15, -0.1) is 0 Å². The molecule has 260 valence electrons. The molecule has 3 fully saturated rings. The second-order valence-corrected chi connectivity index (χ2v) is 15.3. The molecular formula is C39H52N2O7. The van der Waals surface area contributed by atoms with Gasteiger partial charge in [0, 0.05) is 6.04 Å². The number of nitrogens with one attached hydrogen (secondary N) is 1. The molecule has 0 radical (unpaired) electrons. The summed E-state index contributed by atoms with van der Waals surface area (Å²) in [4.78, 5) is 57.7. The molecule has 9 nitrogen and oxygen atoms in total. The van der Waals surface area contributed by atoms with E-state index in [1.54, 1.807) is 4.90 Å². The van der Waals surface area contributed by atoms with Crippen LogP contribution in [0.1, 0.15) is 96.9 Å². The molecule has 0 unspecified atom stereocenters. The molecule has 48 heavy (non-hydrogen) atoms. The Balaban J connectivity index is 1.52. The number of esters is 3. The number of carbonyl (C=O) groups excluding carboxylic acids is 4. The first-order valence-corrected chi connectivity index (χ1v) is 17.5. The fourth-order valence-electron chi connectivity index (χ4n) is 8.01. The van der Waals surface area contributed by atoms with Gasteiger partial charge in [0.25, 0.3) is 0 Å². The Morgan fingerprint density at radius 2 is 1.44 bits per heavy atom. The van der Waals surface area contributed by atoms with E-state index in [1.165, 1.54) is 7.11 Å². The molecule has 1 N–H and O–H groups in total. The summed E-state index contributed by atoms with van der Waals surface area (Å²) in [5.74, 6) is -2.20. The zero-order valence-electron chi connectivity index (χ0n) is 29.4. The lowest BCUT2D eigenvalue weighted by atomic mass is 9.75. The second kappa shape index (κ2) is 14.8. The number of nitrogens with zero attached hydrogens (tertiary/aromatic N) is 1. The lowest BCUT2D eigenvalue weighted by molar-refractivity contribution is -0.162. The lowest BCUT2D eigenvalue weighted by Crippen LogP contribution is -2.46. The average Bonchev–Trinajstić information content (AvgIpc) is 3.68. The van der Waals surface area contributed by atoms with Gasteiger partial charge in [0.1, 0.15) is 23.8 Å². The van der Waals surface area contributed by atoms with Gasteiger partial charge in [-0.05, 0) is 75.3 Å². The van der Waals surface area contributed by atoms with Crippen LogP contribution >= 0.6 is 0 Å². The monoisotopic (exact) mass is 660 g/mol. The van der Waals surface area contributed by atoms with Crippen LogP contribution in [0.15, 0.2) is 60.7 Å². The van der Waals surface area contributed by atoms with Crippen LogP contribution in [0.2, 0.25) is 0 Å². The third kappa shape index (κ3) is 7.77. The number of likely N-dealkylation sites (tertiary alicyclic amines) is 1. The molecule has 0 spiro atoms. The summed E-state index contributed by atoms with van der Waals surface area (Å²) in [6.07, 6.45) is 2.91. The van der Waals surface area contributed by atoms with Gasteiger partial charge in [0.05, 0.1) is 25.0 Å². The minimum atomic E-state index is -1.01. The van der Waals surface area contributed by atoms with Crippen LogP contribution in [0, 0.1) is 29.6 Å². The quantitative estimate of drug-likeness (QED) is 0.264. The van der Waals surface area contributed by atoms with E-state index in [1.807, 2.05) is 81.4 Å². The number of hydrogen-bond donors (Lipinski definition) is 1. The van der Waals surface area contributed by atoms with Crippen molar-refractivity contribution in [2.75, 3.05) is 7.11 Å². The van der Waals surface area contributed by atoms with Gasteiger partial charge in [0.15, 0.2) is 0 Å². The average molecular weight is 661 g/mol. The number of amides is 1. The second-order valence-electron chi connectivity index (χ2n) is 15.3. The highest BCUT2D eigenvalue weighted by Gasteiger charge is 2.55. The van der Waals surface area contributed by atoms with E-state index in [2.05, 4.69) is 26.1 Å². The number of carbonyl (C=O) groups is 4. The molecule has 1 aliphatic carbocycles. The molecule has 9 atom stereocenters. The number of rotatable bonds is 8. The summed E-state index contributed by atoms with van der Waals surface area (Å²) in [7, 11) is 1.30. The largest absolute Gasteiger partial charge is 0.467 e. The minimum absolute atomic E-state index is 0.0804. The third-order valence-electron chi connectivity index (χ3n) is 10.3. The Morgan fingerprint density at radius 3 is 2.02 bits per heavy atom. The molecule has 0 bridgehead atoms. The minimum Gasteiger partial charge on any atom is -0.467 e. The molecule has 2 heterocycles. The summed E-state index contributed by atoms with van der Waals surface area (Å²) in [6.45, 7) is 12.0. The van der Waals surface area contributed by atoms with Gasteiger partial charge >= 0.3 is 17.9 Å². The first kappa shape index (κ1) is 35.6. The zero-order chi connectivity index (χ0) is 34.7. The van der Waals surface area contributed by atoms with Crippen molar-refractivity contribution in [1.29, 1.82) is 0 Å². The molecule has 3 aliphatic rings. The molecule has 0 aromatic heterocycles. The zero-order valence-corrected chi connectivity index (χ0v) is 29.4. The fourth-order valence-corrected chi connectivity index (χ4v) is 8.01. The van der Waals surface area contributed by atoms with Crippen molar-refractivity contribution in [3.63, 3.8) is 0 Å². The van der Waals surface area contributed by atoms with Gasteiger partial charge < -0.3 is 19.1 Å². The van der Waals surface area contributed by atoms with Crippen LogP contribution in [0.25, 0.3) is 0 Å². The Hall–Kier alpha value is -3.72. The highest BCUT2D eigenvalue weighted by molar-refractivity contribution is 5.91. The number of ether oxygens (including phenoxy) is 3. The summed E-state index contributed by atoms with van der Waals surface area (Å²) < 4.78 is 17.3. The van der Waals surface area contributed by atoms with Crippen molar-refractivity contribution in [3.8, 4) is 0 Å². The highest BCUT2D eigenvalue weighted by atomic mass is 16.6. The van der Waals surface area contributed by atoms with Crippen LogP contribution in [0.4, 0.5) is 0 Å². The Morgan fingerprint density at radius 1 is 0.812 bits per heavy atom. The van der Waals surface area contributed by atoms with E-state index < -0.39 is 59.5 Å². The van der Waals surface area contributed by atoms with Crippen molar-refractivity contribution in [2.45, 2.75) is 110 Å². The number of hydrogen-bond acceptors (Lipinski definition) is 8. The van der Waals surface area contributed by atoms with Crippen molar-refractivity contribution in [1.82, 2.24) is 10.2 Å². The van der Waals surface area contributed by atoms with Gasteiger partial charge in [-0.25, -0.2) is 4.79 Å². The molecule has 2 aromatic carbocycles. The third-order valence-corrected chi connectivity index (χ3v) is 10.3. The van der Waals surface area contributed by atoms with Crippen LogP contribution in [0.3, 0.4) is 0 Å². The molecule has 5 rings (SSSR count). The van der Waals surface area contributed by atoms with Crippen molar-refractivity contribution in [3.05, 3.63) is 71.8 Å². The maximum atomic E-state index is 15.0. The van der Waals surface area contributed by atoms with Gasteiger partial charge in [0.2, 0.25) is 5.91 Å². The van der Waals surface area contributed by atoms with Gasteiger partial charge in [-0.3, -0.25) is 19.7 Å². The number of methoxy groups -OCH3 is 1. The Kier molecular flexibility index (Phi) is 11.0. The van der Waals surface area contributed by atoms with E-state index in [0.29, 0.717) is 11.8 Å². The van der Waals surface area contributed by atoms with Crippen LogP contribution in [0.5, 0.6) is 0 Å². The predicted octanol–water partition coefficient (Wildman–Crippen LogP) is 6.18.